The highest BCUT2D eigenvalue weighted by molar-refractivity contribution is 5.95. The van der Waals surface area contributed by atoms with Crippen molar-refractivity contribution in [2.45, 2.75) is 6.42 Å². The summed E-state index contributed by atoms with van der Waals surface area (Å²) in [5.41, 5.74) is 1.63. The minimum absolute atomic E-state index is 0.0673. The molecule has 2 heterocycles. The molecule has 170 valence electrons. The van der Waals surface area contributed by atoms with E-state index in [9.17, 15) is 18.8 Å². The van der Waals surface area contributed by atoms with E-state index in [0.717, 1.165) is 11.1 Å². The third kappa shape index (κ3) is 5.62. The van der Waals surface area contributed by atoms with Crippen molar-refractivity contribution in [2.24, 2.45) is 0 Å². The van der Waals surface area contributed by atoms with Crippen molar-refractivity contribution in [1.29, 1.82) is 0 Å². The lowest BCUT2D eigenvalue weighted by Crippen LogP contribution is -2.52. The van der Waals surface area contributed by atoms with Gasteiger partial charge in [0.15, 0.2) is 11.5 Å². The molecule has 3 amide bonds. The van der Waals surface area contributed by atoms with E-state index in [1.54, 1.807) is 21.9 Å². The molecule has 1 aliphatic heterocycles. The van der Waals surface area contributed by atoms with Gasteiger partial charge in [0.25, 0.3) is 5.91 Å². The van der Waals surface area contributed by atoms with E-state index < -0.39 is 5.91 Å². The molecule has 1 aromatic heterocycles. The molecule has 0 aliphatic carbocycles. The predicted molar refractivity (Wildman–Crippen MR) is 118 cm³/mol. The zero-order valence-electron chi connectivity index (χ0n) is 17.9. The standard InChI is InChI=1S/C24H23FN4O4/c25-19-8-6-17(7-9-19)14-22(30)28-10-12-29(13-11-28)23(31)16-26-24(32)20-15-21(33-27-20)18-4-2-1-3-5-18/h1-9,15H,10-14,16H2,(H,26,32). The first-order chi connectivity index (χ1) is 16.0. The lowest BCUT2D eigenvalue weighted by Gasteiger charge is -2.35. The van der Waals surface area contributed by atoms with Gasteiger partial charge in [-0.15, -0.1) is 0 Å². The van der Waals surface area contributed by atoms with Crippen molar-refractivity contribution in [3.8, 4) is 11.3 Å². The maximum atomic E-state index is 13.0. The van der Waals surface area contributed by atoms with Gasteiger partial charge < -0.3 is 19.6 Å². The maximum absolute atomic E-state index is 13.0. The van der Waals surface area contributed by atoms with Crippen LogP contribution in [0.5, 0.6) is 0 Å². The fourth-order valence-corrected chi connectivity index (χ4v) is 3.57. The highest BCUT2D eigenvalue weighted by Gasteiger charge is 2.24. The zero-order valence-corrected chi connectivity index (χ0v) is 17.9. The van der Waals surface area contributed by atoms with Crippen LogP contribution in [0.4, 0.5) is 4.39 Å². The van der Waals surface area contributed by atoms with Crippen molar-refractivity contribution in [3.63, 3.8) is 0 Å². The molecule has 8 nitrogen and oxygen atoms in total. The number of hydrogen-bond donors (Lipinski definition) is 1. The molecule has 1 aliphatic rings. The van der Waals surface area contributed by atoms with Crippen molar-refractivity contribution in [3.05, 3.63) is 77.7 Å². The molecule has 1 saturated heterocycles. The smallest absolute Gasteiger partial charge is 0.273 e. The molecule has 9 heteroatoms. The predicted octanol–water partition coefficient (Wildman–Crippen LogP) is 2.12. The summed E-state index contributed by atoms with van der Waals surface area (Å²) < 4.78 is 18.2. The molecule has 4 rings (SSSR count). The number of piperazine rings is 1. The number of carbonyl (C=O) groups excluding carboxylic acids is 3. The molecular formula is C24H23FN4O4. The summed E-state index contributed by atoms with van der Waals surface area (Å²) in [4.78, 5) is 40.6. The fraction of sp³-hybridized carbons (Fsp3) is 0.250. The van der Waals surface area contributed by atoms with Gasteiger partial charge in [-0.3, -0.25) is 14.4 Å². The second-order valence-electron chi connectivity index (χ2n) is 7.69. The first kappa shape index (κ1) is 22.2. The van der Waals surface area contributed by atoms with Crippen molar-refractivity contribution < 1.29 is 23.3 Å². The largest absolute Gasteiger partial charge is 0.355 e. The number of nitrogens with one attached hydrogen (secondary N) is 1. The third-order valence-corrected chi connectivity index (χ3v) is 5.45. The number of rotatable bonds is 6. The van der Waals surface area contributed by atoms with Gasteiger partial charge in [-0.1, -0.05) is 47.6 Å². The molecule has 33 heavy (non-hydrogen) atoms. The monoisotopic (exact) mass is 450 g/mol. The highest BCUT2D eigenvalue weighted by atomic mass is 19.1. The van der Waals surface area contributed by atoms with Crippen LogP contribution in [0.2, 0.25) is 0 Å². The summed E-state index contributed by atoms with van der Waals surface area (Å²) >= 11 is 0. The SMILES string of the molecule is O=C(NCC(=O)N1CCN(C(=O)Cc2ccc(F)cc2)CC1)c1cc(-c2ccccc2)on1. The molecule has 0 saturated carbocycles. The lowest BCUT2D eigenvalue weighted by atomic mass is 10.1. The van der Waals surface area contributed by atoms with Crippen LogP contribution in [-0.2, 0) is 16.0 Å². The van der Waals surface area contributed by atoms with E-state index in [4.69, 9.17) is 4.52 Å². The van der Waals surface area contributed by atoms with Crippen molar-refractivity contribution in [2.75, 3.05) is 32.7 Å². The van der Waals surface area contributed by atoms with E-state index in [1.165, 1.54) is 18.2 Å². The zero-order chi connectivity index (χ0) is 23.2. The maximum Gasteiger partial charge on any atom is 0.273 e. The van der Waals surface area contributed by atoms with Crippen LogP contribution in [-0.4, -0.2) is 65.4 Å². The van der Waals surface area contributed by atoms with Crippen LogP contribution in [0.3, 0.4) is 0 Å². The Morgan fingerprint density at radius 2 is 1.55 bits per heavy atom. The number of nitrogens with zero attached hydrogens (tertiary/aromatic N) is 3. The van der Waals surface area contributed by atoms with Gasteiger partial charge in [0.1, 0.15) is 5.82 Å². The average Bonchev–Trinajstić information content (AvgIpc) is 3.35. The van der Waals surface area contributed by atoms with Gasteiger partial charge in [0, 0.05) is 37.8 Å². The summed E-state index contributed by atoms with van der Waals surface area (Å²) in [6, 6.07) is 16.6. The average molecular weight is 450 g/mol. The Labute approximate surface area is 190 Å². The number of benzene rings is 2. The number of carbonyl (C=O) groups is 3. The Morgan fingerprint density at radius 3 is 2.21 bits per heavy atom. The van der Waals surface area contributed by atoms with Gasteiger partial charge in [0.2, 0.25) is 11.8 Å². The Kier molecular flexibility index (Phi) is 6.77. The minimum atomic E-state index is -0.498. The van der Waals surface area contributed by atoms with Gasteiger partial charge >= 0.3 is 0 Å². The quantitative estimate of drug-likeness (QED) is 0.621. The first-order valence-electron chi connectivity index (χ1n) is 10.6. The van der Waals surface area contributed by atoms with Crippen LogP contribution in [0.25, 0.3) is 11.3 Å². The van der Waals surface area contributed by atoms with Gasteiger partial charge in [0.05, 0.1) is 13.0 Å². The molecular weight excluding hydrogens is 427 g/mol. The van der Waals surface area contributed by atoms with E-state index in [2.05, 4.69) is 10.5 Å². The summed E-state index contributed by atoms with van der Waals surface area (Å²) in [7, 11) is 0. The summed E-state index contributed by atoms with van der Waals surface area (Å²) in [5.74, 6) is -0.676. The molecule has 2 aromatic carbocycles. The molecule has 1 fully saturated rings. The summed E-state index contributed by atoms with van der Waals surface area (Å²) in [6.07, 6.45) is 0.187. The number of halogens is 1. The first-order valence-corrected chi connectivity index (χ1v) is 10.6. The molecule has 0 spiro atoms. The van der Waals surface area contributed by atoms with E-state index in [0.29, 0.717) is 31.9 Å². The Bertz CT molecular complexity index is 1120. The fourth-order valence-electron chi connectivity index (χ4n) is 3.57. The highest BCUT2D eigenvalue weighted by Crippen LogP contribution is 2.19. The molecule has 0 radical (unpaired) electrons. The third-order valence-electron chi connectivity index (χ3n) is 5.45. The second-order valence-corrected chi connectivity index (χ2v) is 7.69. The second kappa shape index (κ2) is 10.1. The molecule has 3 aromatic rings. The Hall–Kier alpha value is -4.01. The van der Waals surface area contributed by atoms with Crippen molar-refractivity contribution in [1.82, 2.24) is 20.3 Å². The van der Waals surface area contributed by atoms with Crippen LogP contribution in [0.15, 0.2) is 65.2 Å². The van der Waals surface area contributed by atoms with Gasteiger partial charge in [-0.25, -0.2) is 4.39 Å². The Morgan fingerprint density at radius 1 is 0.909 bits per heavy atom. The van der Waals surface area contributed by atoms with Crippen LogP contribution in [0.1, 0.15) is 16.1 Å². The topological polar surface area (TPSA) is 95.8 Å². The normalized spacial score (nSPS) is 13.6. The number of amides is 3. The summed E-state index contributed by atoms with van der Waals surface area (Å²) in [5, 5.41) is 6.34. The molecule has 0 atom stereocenters. The van der Waals surface area contributed by atoms with Crippen LogP contribution in [0, 0.1) is 5.82 Å². The van der Waals surface area contributed by atoms with E-state index >= 15 is 0 Å². The minimum Gasteiger partial charge on any atom is -0.355 e. The van der Waals surface area contributed by atoms with Crippen molar-refractivity contribution >= 4 is 17.7 Å². The van der Waals surface area contributed by atoms with Crippen LogP contribution >= 0.6 is 0 Å². The van der Waals surface area contributed by atoms with Gasteiger partial charge in [-0.05, 0) is 17.7 Å². The van der Waals surface area contributed by atoms with Gasteiger partial charge in [-0.2, -0.15) is 0 Å². The van der Waals surface area contributed by atoms with E-state index in [1.807, 2.05) is 30.3 Å². The molecule has 0 bridgehead atoms. The lowest BCUT2D eigenvalue weighted by molar-refractivity contribution is -0.138. The molecule has 0 unspecified atom stereocenters. The van der Waals surface area contributed by atoms with Crippen LogP contribution < -0.4 is 5.32 Å². The molecule has 1 N–H and O–H groups in total. The number of hydrogen-bond acceptors (Lipinski definition) is 5. The Balaban J connectivity index is 1.22. The summed E-state index contributed by atoms with van der Waals surface area (Å²) in [6.45, 7) is 1.40. The van der Waals surface area contributed by atoms with E-state index in [-0.39, 0.29) is 36.3 Å². The number of aromatic nitrogens is 1.